The van der Waals surface area contributed by atoms with Gasteiger partial charge in [0, 0.05) is 103 Å². The minimum Gasteiger partial charge on any atom is -0.358 e. The molecule has 0 saturated heterocycles. The summed E-state index contributed by atoms with van der Waals surface area (Å²) in [6.45, 7) is 9.08. The maximum atomic E-state index is 4.49. The van der Waals surface area contributed by atoms with Crippen LogP contribution in [0.15, 0.2) is 318 Å². The van der Waals surface area contributed by atoms with E-state index in [0.29, 0.717) is 0 Å². The molecule has 10 aliphatic heterocycles. The van der Waals surface area contributed by atoms with E-state index in [9.17, 15) is 0 Å². The van der Waals surface area contributed by atoms with Gasteiger partial charge in [-0.05, 0) is 70.1 Å². The van der Waals surface area contributed by atoms with Gasteiger partial charge in [-0.15, -0.1) is 32.0 Å². The van der Waals surface area contributed by atoms with Crippen molar-refractivity contribution in [3.05, 3.63) is 370 Å². The van der Waals surface area contributed by atoms with Gasteiger partial charge in [-0.1, -0.05) is 109 Å². The van der Waals surface area contributed by atoms with Gasteiger partial charge in [0.15, 0.2) is 83.4 Å². The van der Waals surface area contributed by atoms with E-state index >= 15 is 0 Å². The molecule has 0 aliphatic carbocycles. The number of benzene rings is 5. The van der Waals surface area contributed by atoms with Crippen LogP contribution < -0.4 is 63.9 Å². The minimum absolute atomic E-state index is 0. The molecule has 5 aromatic carbocycles. The number of pyridine rings is 11. The topological polar surface area (TPSA) is 134 Å². The second kappa shape index (κ2) is 28.8. The van der Waals surface area contributed by atoms with Crippen molar-refractivity contribution in [1.29, 1.82) is 0 Å². The Kier molecular flexibility index (Phi) is 17.5. The zero-order valence-electron chi connectivity index (χ0n) is 71.2. The molecule has 0 radical (unpaired) electrons. The van der Waals surface area contributed by atoms with Crippen LogP contribution in [0.1, 0.15) is 22.3 Å². The Morgan fingerprint density at radius 1 is 0.320 bits per heavy atom. The largest absolute Gasteiger partial charge is 2.00 e. The van der Waals surface area contributed by atoms with E-state index in [1.807, 2.05) is 55.1 Å². The molecule has 0 atom stereocenters. The molecule has 24 aromatic rings. The van der Waals surface area contributed by atoms with Crippen LogP contribution in [0.5, 0.6) is 0 Å². The average Bonchev–Trinajstić information content (AvgIpc) is 1.53. The van der Waals surface area contributed by atoms with Gasteiger partial charge in [0.25, 0.3) is 6.67 Å². The fourth-order valence-electron chi connectivity index (χ4n) is 22.0. The number of para-hydroxylation sites is 2. The molecule has 29 heterocycles. The van der Waals surface area contributed by atoms with E-state index < -0.39 is 0 Å². The maximum Gasteiger partial charge on any atom is 2.00 e. The molecular weight excluding hydrogens is 1690 g/mol. The molecule has 0 N–H and O–H groups in total. The first-order valence-electron chi connectivity index (χ1n) is 41.8. The molecule has 26 heteroatoms. The Labute approximate surface area is 758 Å². The summed E-state index contributed by atoms with van der Waals surface area (Å²) in [6, 6.07) is 75.6. The zero-order valence-corrected chi connectivity index (χ0v) is 77.2. The Balaban J connectivity index is 0.0000000881. The van der Waals surface area contributed by atoms with Gasteiger partial charge >= 0.3 is 138 Å². The molecule has 0 fully saturated rings. The molecular formula is C102H84N24Zn2+14. The average molecular weight is 1780 g/mol. The van der Waals surface area contributed by atoms with E-state index in [-0.39, 0.29) is 68.7 Å². The molecule has 24 nitrogen and oxygen atoms in total. The third-order valence-electron chi connectivity index (χ3n) is 27.0. The molecule has 0 spiro atoms. The van der Waals surface area contributed by atoms with Crippen LogP contribution in [-0.4, -0.2) is 47.0 Å². The quantitative estimate of drug-likeness (QED) is 0.0755. The molecule has 0 bridgehead atoms. The molecule has 602 valence electrons. The fraction of sp³-hybridized carbons (Fsp3) is 0.0980. The third kappa shape index (κ3) is 10.4. The van der Waals surface area contributed by atoms with Gasteiger partial charge < -0.3 is 29.7 Å². The van der Waals surface area contributed by atoms with Crippen LogP contribution in [0.2, 0.25) is 0 Å². The molecule has 0 saturated carbocycles. The first-order valence-corrected chi connectivity index (χ1v) is 41.8. The summed E-state index contributed by atoms with van der Waals surface area (Å²) in [5, 5.41) is 8.37. The van der Waals surface area contributed by atoms with E-state index in [1.54, 1.807) is 18.6 Å². The second-order valence-electron chi connectivity index (χ2n) is 33.3. The Hall–Kier alpha value is -15.0. The summed E-state index contributed by atoms with van der Waals surface area (Å²) in [7, 11) is 0. The summed E-state index contributed by atoms with van der Waals surface area (Å²) in [6.07, 6.45) is 35.5. The van der Waals surface area contributed by atoms with Gasteiger partial charge in [-0.3, -0.25) is 9.13 Å². The van der Waals surface area contributed by atoms with Crippen molar-refractivity contribution in [2.24, 2.45) is 0 Å². The van der Waals surface area contributed by atoms with E-state index in [2.05, 4.69) is 355 Å². The fourth-order valence-corrected chi connectivity index (χ4v) is 22.0. The molecule has 34 rings (SSSR count). The smallest absolute Gasteiger partial charge is 0.358 e. The standard InChI is InChI=1S/2C21H15N4.C19H13N4.C15H11N4.C14H11N4.C8H7N4.4CH3.2Zn/c1-2-6-14(7-3-1)19-23-12-15-8-4-9-16-17-10-5-11-22-13-24(19)25(20(17)22)21(23)18(15)16;1-2-5-14(6-3-1)17-12-25-16-7-4-9-22-13-23-10-8-15-11-24(17)21(25)18(15)20(23)19(16)22;1-2-5-14-13(4-1)22-10-12-7-9-21-11-20-8-3-6-15-17(20)18(21)16(12)19(22)23(14)15;1-2-11-13-14-12-10(3-5-18(14)9-17(13)4-1)8-16-6-7-19(11)15(12)16;1-2-5-11(6-3-1)12-9-16-14-13-15-7-4-8-17(13)10-18(12)14;1-2-9-7-8-10-3-5-12(8)6-11(7)4-1;;;;;;/h1-11H,12-13H2;1-10,12H,11,13H2;1-9H,10-11H2;1-7H,8-9H2;1-9H,10H2;1-5H,6H2;4*1H3;;/q4*+3;2*+1;4*-1;2*+2. The van der Waals surface area contributed by atoms with Crippen molar-refractivity contribution in [2.75, 3.05) is 0 Å². The summed E-state index contributed by atoms with van der Waals surface area (Å²) in [4.78, 5) is 17.4. The Bertz CT molecular complexity index is 8850. The number of nitrogens with zero attached hydrogens (tertiary/aromatic N) is 24. The van der Waals surface area contributed by atoms with Gasteiger partial charge in [0.1, 0.15) is 57.2 Å². The van der Waals surface area contributed by atoms with E-state index in [4.69, 9.17) is 0 Å². The maximum absolute atomic E-state index is 4.49. The van der Waals surface area contributed by atoms with Crippen molar-refractivity contribution in [1.82, 2.24) is 47.0 Å². The first-order chi connectivity index (χ1) is 60.5. The number of fused-ring (bicyclic) bond motifs is 13. The second-order valence-corrected chi connectivity index (χ2v) is 33.3. The molecule has 10 aliphatic rings. The van der Waals surface area contributed by atoms with Crippen molar-refractivity contribution >= 4 is 121 Å². The first kappa shape index (κ1) is 77.8. The van der Waals surface area contributed by atoms with Gasteiger partial charge in [0.05, 0.1) is 46.8 Å². The predicted octanol–water partition coefficient (Wildman–Crippen LogP) is 9.21. The predicted molar refractivity (Wildman–Crippen MR) is 472 cm³/mol. The SMILES string of the molecule is [CH3-].[CH3-].[CH3-].[CH3-].[Zn+2].[Zn+2].c1cc2c3c4c5c(cc[n+]4C[n+]3c1)C[n+]1ccn2c51.c1ccc(-c2[n+]3c4c5c(cccc5c5ccc[n+]6c5n4[n+]2C6)C3)cc1.c1ccc(-c2c[n+]3c4ccc[n+]5c4c4c6c(cc[n+]4C5)Cn2c63)cc1.c1ccc(-c2cnc3n2C[n+]2cccnc2-3)cc1.c1ccc2c(c1)n1c3ccc[n+]4c3c3c5c(cc[n+]3C4)C[n+]2c51.c1cnc2[n+](c1)Cn1ccnc1-2. The van der Waals surface area contributed by atoms with Crippen molar-refractivity contribution in [2.45, 2.75) is 66.2 Å². The van der Waals surface area contributed by atoms with Crippen LogP contribution in [-0.2, 0) is 105 Å². The van der Waals surface area contributed by atoms with Crippen LogP contribution in [0, 0.1) is 29.7 Å². The number of hydrogen-bond acceptors (Lipinski definition) is 4. The number of rotatable bonds is 3. The van der Waals surface area contributed by atoms with Crippen LogP contribution in [0.25, 0.3) is 178 Å². The van der Waals surface area contributed by atoms with Crippen molar-refractivity contribution < 1.29 is 103 Å². The number of imidazole rings is 5. The van der Waals surface area contributed by atoms with Crippen molar-refractivity contribution in [3.8, 4) is 57.2 Å². The van der Waals surface area contributed by atoms with Gasteiger partial charge in [-0.25, -0.2) is 32.8 Å². The van der Waals surface area contributed by atoms with Gasteiger partial charge in [0.2, 0.25) is 28.2 Å². The summed E-state index contributed by atoms with van der Waals surface area (Å²) in [5.74, 6) is 5.06. The third-order valence-corrected chi connectivity index (χ3v) is 27.0. The van der Waals surface area contributed by atoms with Crippen LogP contribution in [0.4, 0.5) is 0 Å². The molecule has 0 amide bonds. The Morgan fingerprint density at radius 3 is 1.62 bits per heavy atom. The summed E-state index contributed by atoms with van der Waals surface area (Å²) in [5.41, 5.74) is 33.2. The normalized spacial score (nSPS) is 13.2. The number of hydrogen-bond donors (Lipinski definition) is 0. The molecule has 0 unspecified atom stereocenters. The van der Waals surface area contributed by atoms with E-state index in [0.717, 1.165) is 95.2 Å². The molecule has 19 aromatic heterocycles. The zero-order chi connectivity index (χ0) is 79.0. The minimum atomic E-state index is 0. The van der Waals surface area contributed by atoms with E-state index in [1.165, 1.54) is 172 Å². The summed E-state index contributed by atoms with van der Waals surface area (Å²) >= 11 is 0. The van der Waals surface area contributed by atoms with Crippen LogP contribution >= 0.6 is 0 Å². The Morgan fingerprint density at radius 2 is 0.875 bits per heavy atom. The number of aromatic nitrogens is 24. The monoisotopic (exact) mass is 1770 g/mol. The van der Waals surface area contributed by atoms with Crippen molar-refractivity contribution in [3.63, 3.8) is 0 Å². The van der Waals surface area contributed by atoms with Crippen LogP contribution in [0.3, 0.4) is 0 Å². The summed E-state index contributed by atoms with van der Waals surface area (Å²) < 4.78 is 46.8. The molecule has 128 heavy (non-hydrogen) atoms. The van der Waals surface area contributed by atoms with Gasteiger partial charge in [-0.2, -0.15) is 17.8 Å².